The highest BCUT2D eigenvalue weighted by molar-refractivity contribution is 6.30. The summed E-state index contributed by atoms with van der Waals surface area (Å²) in [6, 6.07) is 3.89. The van der Waals surface area contributed by atoms with Crippen molar-refractivity contribution in [2.24, 2.45) is 7.05 Å². The molecule has 1 N–H and O–H groups in total. The second kappa shape index (κ2) is 6.91. The van der Waals surface area contributed by atoms with Crippen molar-refractivity contribution in [3.05, 3.63) is 40.3 Å². The van der Waals surface area contributed by atoms with Crippen LogP contribution in [-0.4, -0.2) is 21.9 Å². The van der Waals surface area contributed by atoms with Gasteiger partial charge in [0.2, 0.25) is 5.88 Å². The van der Waals surface area contributed by atoms with Crippen LogP contribution < -0.4 is 10.1 Å². The molecule has 2 heterocycles. The lowest BCUT2D eigenvalue weighted by molar-refractivity contribution is 0.390. The zero-order valence-corrected chi connectivity index (χ0v) is 13.6. The molecule has 2 aromatic rings. The van der Waals surface area contributed by atoms with Gasteiger partial charge in [-0.15, -0.1) is 0 Å². The molecule has 0 aromatic carbocycles. The third-order valence-corrected chi connectivity index (χ3v) is 3.78. The number of aryl methyl sites for hydroxylation is 1. The van der Waals surface area contributed by atoms with Crippen LogP contribution in [0.2, 0.25) is 5.15 Å². The summed E-state index contributed by atoms with van der Waals surface area (Å²) in [6.45, 7) is 5.57. The lowest BCUT2D eigenvalue weighted by Gasteiger charge is -2.10. The maximum absolute atomic E-state index is 6.32. The minimum atomic E-state index is 0.341. The Labute approximate surface area is 130 Å². The highest BCUT2D eigenvalue weighted by atomic mass is 35.5. The largest absolute Gasteiger partial charge is 0.481 e. The topological polar surface area (TPSA) is 52.0 Å². The van der Waals surface area contributed by atoms with Gasteiger partial charge in [-0.05, 0) is 12.0 Å². The number of aromatic nitrogens is 3. The van der Waals surface area contributed by atoms with Crippen LogP contribution in [0.1, 0.15) is 36.6 Å². The molecule has 0 amide bonds. The molecule has 5 nitrogen and oxygen atoms in total. The lowest BCUT2D eigenvalue weighted by Crippen LogP contribution is -2.15. The first-order valence-corrected chi connectivity index (χ1v) is 7.32. The highest BCUT2D eigenvalue weighted by Crippen LogP contribution is 2.25. The van der Waals surface area contributed by atoms with Gasteiger partial charge >= 0.3 is 0 Å². The minimum Gasteiger partial charge on any atom is -0.481 e. The van der Waals surface area contributed by atoms with Crippen LogP contribution in [0.5, 0.6) is 5.88 Å². The van der Waals surface area contributed by atoms with Gasteiger partial charge in [-0.25, -0.2) is 4.98 Å². The van der Waals surface area contributed by atoms with E-state index in [1.54, 1.807) is 18.0 Å². The summed E-state index contributed by atoms with van der Waals surface area (Å²) in [5.74, 6) is 0.986. The Bertz CT molecular complexity index is 610. The summed E-state index contributed by atoms with van der Waals surface area (Å²) in [4.78, 5) is 4.19. The molecule has 0 bridgehead atoms. The van der Waals surface area contributed by atoms with Gasteiger partial charge in [0, 0.05) is 37.5 Å². The normalized spacial score (nSPS) is 11.1. The van der Waals surface area contributed by atoms with E-state index in [9.17, 15) is 0 Å². The van der Waals surface area contributed by atoms with Crippen molar-refractivity contribution in [2.45, 2.75) is 32.9 Å². The van der Waals surface area contributed by atoms with E-state index in [-0.39, 0.29) is 0 Å². The van der Waals surface area contributed by atoms with Crippen molar-refractivity contribution in [3.63, 3.8) is 0 Å². The number of methoxy groups -OCH3 is 1. The first-order chi connectivity index (χ1) is 10.0. The molecule has 0 aliphatic heterocycles. The number of hydrogen-bond acceptors (Lipinski definition) is 4. The predicted octanol–water partition coefficient (Wildman–Crippen LogP) is 2.89. The second-order valence-electron chi connectivity index (χ2n) is 5.21. The van der Waals surface area contributed by atoms with Crippen molar-refractivity contribution in [1.29, 1.82) is 0 Å². The molecule has 0 saturated heterocycles. The number of halogens is 1. The predicted molar refractivity (Wildman–Crippen MR) is 83.6 cm³/mol. The summed E-state index contributed by atoms with van der Waals surface area (Å²) in [6.07, 6.45) is 1.72. The fourth-order valence-electron chi connectivity index (χ4n) is 2.26. The Morgan fingerprint density at radius 3 is 2.81 bits per heavy atom. The van der Waals surface area contributed by atoms with Gasteiger partial charge < -0.3 is 10.1 Å². The molecule has 0 spiro atoms. The van der Waals surface area contributed by atoms with Crippen LogP contribution in [0.15, 0.2) is 18.3 Å². The Hall–Kier alpha value is -1.59. The number of hydrogen-bond donors (Lipinski definition) is 1. The van der Waals surface area contributed by atoms with E-state index in [1.165, 1.54) is 0 Å². The molecule has 2 aromatic heterocycles. The van der Waals surface area contributed by atoms with E-state index in [1.807, 2.05) is 19.2 Å². The first kappa shape index (κ1) is 15.8. The van der Waals surface area contributed by atoms with E-state index in [0.29, 0.717) is 30.0 Å². The molecule has 21 heavy (non-hydrogen) atoms. The Balaban J connectivity index is 2.07. The van der Waals surface area contributed by atoms with Crippen molar-refractivity contribution >= 4 is 11.6 Å². The van der Waals surface area contributed by atoms with E-state index in [2.05, 4.69) is 29.2 Å². The van der Waals surface area contributed by atoms with Crippen LogP contribution in [-0.2, 0) is 20.1 Å². The summed E-state index contributed by atoms with van der Waals surface area (Å²) in [5, 5.41) is 8.55. The molecule has 0 aliphatic carbocycles. The van der Waals surface area contributed by atoms with E-state index in [4.69, 9.17) is 16.3 Å². The van der Waals surface area contributed by atoms with Crippen molar-refractivity contribution in [2.75, 3.05) is 7.11 Å². The third-order valence-electron chi connectivity index (χ3n) is 3.31. The molecule has 2 rings (SSSR count). The summed E-state index contributed by atoms with van der Waals surface area (Å²) in [7, 11) is 3.49. The van der Waals surface area contributed by atoms with Gasteiger partial charge in [0.1, 0.15) is 5.15 Å². The molecule has 0 atom stereocenters. The molecule has 6 heteroatoms. The molecule has 0 aliphatic rings. The number of pyridine rings is 1. The number of nitrogens with one attached hydrogen (secondary N) is 1. The van der Waals surface area contributed by atoms with Gasteiger partial charge in [0.05, 0.1) is 12.8 Å². The van der Waals surface area contributed by atoms with Gasteiger partial charge in [-0.2, -0.15) is 5.10 Å². The minimum absolute atomic E-state index is 0.341. The Morgan fingerprint density at radius 2 is 2.14 bits per heavy atom. The fourth-order valence-corrected chi connectivity index (χ4v) is 2.46. The van der Waals surface area contributed by atoms with E-state index >= 15 is 0 Å². The summed E-state index contributed by atoms with van der Waals surface area (Å²) >= 11 is 6.32. The van der Waals surface area contributed by atoms with Crippen molar-refractivity contribution in [1.82, 2.24) is 20.1 Å². The van der Waals surface area contributed by atoms with Crippen LogP contribution in [0, 0.1) is 0 Å². The zero-order chi connectivity index (χ0) is 15.4. The molecule has 0 unspecified atom stereocenters. The van der Waals surface area contributed by atoms with Gasteiger partial charge in [-0.1, -0.05) is 31.5 Å². The monoisotopic (exact) mass is 308 g/mol. The van der Waals surface area contributed by atoms with Crippen LogP contribution in [0.3, 0.4) is 0 Å². The van der Waals surface area contributed by atoms with E-state index in [0.717, 1.165) is 16.8 Å². The maximum Gasteiger partial charge on any atom is 0.217 e. The van der Waals surface area contributed by atoms with Gasteiger partial charge in [0.25, 0.3) is 0 Å². The fraction of sp³-hybridized carbons (Fsp3) is 0.467. The Kier molecular flexibility index (Phi) is 5.20. The standard InChI is InChI=1S/C15H21ClN4O/c1-10(2)13-12(14(16)20(3)19-13)9-17-8-11-6-5-7-18-15(11)21-4/h5-7,10,17H,8-9H2,1-4H3. The van der Waals surface area contributed by atoms with Gasteiger partial charge in [-0.3, -0.25) is 4.68 Å². The van der Waals surface area contributed by atoms with Crippen molar-refractivity contribution in [3.8, 4) is 5.88 Å². The zero-order valence-electron chi connectivity index (χ0n) is 12.9. The molecule has 114 valence electrons. The lowest BCUT2D eigenvalue weighted by atomic mass is 10.1. The number of ether oxygens (including phenoxy) is 1. The van der Waals surface area contributed by atoms with Gasteiger partial charge in [0.15, 0.2) is 0 Å². The summed E-state index contributed by atoms with van der Waals surface area (Å²) < 4.78 is 6.97. The van der Waals surface area contributed by atoms with E-state index < -0.39 is 0 Å². The van der Waals surface area contributed by atoms with Crippen LogP contribution >= 0.6 is 11.6 Å². The van der Waals surface area contributed by atoms with Crippen LogP contribution in [0.25, 0.3) is 0 Å². The maximum atomic E-state index is 6.32. The summed E-state index contributed by atoms with van der Waals surface area (Å²) in [5.41, 5.74) is 3.11. The molecular formula is C15H21ClN4O. The van der Waals surface area contributed by atoms with Crippen LogP contribution in [0.4, 0.5) is 0 Å². The average Bonchev–Trinajstić information content (AvgIpc) is 2.76. The number of nitrogens with zero attached hydrogens (tertiary/aromatic N) is 3. The third kappa shape index (κ3) is 3.54. The first-order valence-electron chi connectivity index (χ1n) is 6.94. The van der Waals surface area contributed by atoms with Crippen molar-refractivity contribution < 1.29 is 4.74 Å². The molecule has 0 fully saturated rings. The highest BCUT2D eigenvalue weighted by Gasteiger charge is 2.16. The Morgan fingerprint density at radius 1 is 1.38 bits per heavy atom. The second-order valence-corrected chi connectivity index (χ2v) is 5.57. The number of rotatable bonds is 6. The molecular weight excluding hydrogens is 288 g/mol. The quantitative estimate of drug-likeness (QED) is 0.891. The SMILES string of the molecule is COc1ncccc1CNCc1c(C(C)C)nn(C)c1Cl. The molecule has 0 radical (unpaired) electrons. The molecule has 0 saturated carbocycles. The average molecular weight is 309 g/mol. The smallest absolute Gasteiger partial charge is 0.217 e.